The van der Waals surface area contributed by atoms with E-state index in [4.69, 9.17) is 0 Å². The van der Waals surface area contributed by atoms with E-state index in [9.17, 15) is 4.79 Å². The zero-order chi connectivity index (χ0) is 14.9. The monoisotopic (exact) mass is 286 g/mol. The van der Waals surface area contributed by atoms with Gasteiger partial charge in [0.15, 0.2) is 0 Å². The number of rotatable bonds is 5. The number of hydrogen-bond acceptors (Lipinski definition) is 2. The van der Waals surface area contributed by atoms with Crippen LogP contribution in [-0.4, -0.2) is 23.5 Å². The summed E-state index contributed by atoms with van der Waals surface area (Å²) in [6.45, 7) is 5.35. The van der Waals surface area contributed by atoms with Gasteiger partial charge in [-0.2, -0.15) is 0 Å². The predicted molar refractivity (Wildman–Crippen MR) is 84.7 cm³/mol. The summed E-state index contributed by atoms with van der Waals surface area (Å²) in [5, 5.41) is 3.53. The van der Waals surface area contributed by atoms with Crippen LogP contribution < -0.4 is 5.32 Å². The molecule has 2 atom stereocenters. The smallest absolute Gasteiger partial charge is 0.245 e. The number of nitrogens with one attached hydrogen (secondary N) is 1. The molecule has 1 aromatic rings. The van der Waals surface area contributed by atoms with Gasteiger partial charge in [0.2, 0.25) is 5.91 Å². The number of nitrogens with zero attached hydrogens (tertiary/aromatic N) is 1. The molecule has 2 fully saturated rings. The fourth-order valence-electron chi connectivity index (χ4n) is 3.75. The fourth-order valence-corrected chi connectivity index (χ4v) is 3.75. The molecule has 2 aliphatic rings. The number of hydrogen-bond donors (Lipinski definition) is 1. The third-order valence-corrected chi connectivity index (χ3v) is 5.45. The topological polar surface area (TPSA) is 32.3 Å². The van der Waals surface area contributed by atoms with Crippen molar-refractivity contribution in [3.8, 4) is 0 Å². The van der Waals surface area contributed by atoms with Crippen LogP contribution in [0.4, 0.5) is 0 Å². The second-order valence-electron chi connectivity index (χ2n) is 6.61. The van der Waals surface area contributed by atoms with Crippen molar-refractivity contribution < 1.29 is 4.79 Å². The molecule has 3 heteroatoms. The van der Waals surface area contributed by atoms with Gasteiger partial charge in [0, 0.05) is 6.54 Å². The first kappa shape index (κ1) is 14.6. The first-order valence-corrected chi connectivity index (χ1v) is 8.30. The summed E-state index contributed by atoms with van der Waals surface area (Å²) in [7, 11) is 0. The molecule has 1 amide bonds. The van der Waals surface area contributed by atoms with E-state index in [2.05, 4.69) is 24.1 Å². The van der Waals surface area contributed by atoms with Crippen LogP contribution in [0.3, 0.4) is 0 Å². The van der Waals surface area contributed by atoms with E-state index in [1.807, 2.05) is 30.3 Å². The van der Waals surface area contributed by atoms with E-state index in [-0.39, 0.29) is 18.1 Å². The van der Waals surface area contributed by atoms with Crippen molar-refractivity contribution in [1.82, 2.24) is 10.2 Å². The molecule has 0 bridgehead atoms. The lowest BCUT2D eigenvalue weighted by atomic mass is 9.66. The van der Waals surface area contributed by atoms with Gasteiger partial charge in [-0.3, -0.25) is 10.1 Å². The highest BCUT2D eigenvalue weighted by atomic mass is 16.2. The Bertz CT molecular complexity index is 490. The molecule has 21 heavy (non-hydrogen) atoms. The van der Waals surface area contributed by atoms with Gasteiger partial charge in [-0.25, -0.2) is 0 Å². The van der Waals surface area contributed by atoms with Crippen molar-refractivity contribution in [2.45, 2.75) is 58.2 Å². The van der Waals surface area contributed by atoms with E-state index >= 15 is 0 Å². The van der Waals surface area contributed by atoms with Crippen molar-refractivity contribution in [1.29, 1.82) is 0 Å². The van der Waals surface area contributed by atoms with Crippen LogP contribution in [0.15, 0.2) is 30.3 Å². The third kappa shape index (κ3) is 2.59. The molecular weight excluding hydrogens is 260 g/mol. The molecule has 0 spiro atoms. The molecule has 1 aliphatic heterocycles. The van der Waals surface area contributed by atoms with Gasteiger partial charge in [-0.15, -0.1) is 0 Å². The van der Waals surface area contributed by atoms with E-state index in [0.29, 0.717) is 5.41 Å². The minimum atomic E-state index is -0.162. The lowest BCUT2D eigenvalue weighted by molar-refractivity contribution is -0.133. The van der Waals surface area contributed by atoms with Crippen LogP contribution >= 0.6 is 0 Å². The summed E-state index contributed by atoms with van der Waals surface area (Å²) >= 11 is 0. The van der Waals surface area contributed by atoms with Crippen LogP contribution in [0.2, 0.25) is 0 Å². The highest BCUT2D eigenvalue weighted by molar-refractivity contribution is 5.85. The fraction of sp³-hybridized carbons (Fsp3) is 0.611. The first-order valence-electron chi connectivity index (χ1n) is 8.30. The van der Waals surface area contributed by atoms with Crippen molar-refractivity contribution in [3.63, 3.8) is 0 Å². The van der Waals surface area contributed by atoms with Gasteiger partial charge >= 0.3 is 0 Å². The Morgan fingerprint density at radius 3 is 2.48 bits per heavy atom. The van der Waals surface area contributed by atoms with Crippen LogP contribution in [0.25, 0.3) is 0 Å². The summed E-state index contributed by atoms with van der Waals surface area (Å²) in [5.41, 5.74) is 1.47. The van der Waals surface area contributed by atoms with Gasteiger partial charge in [-0.1, -0.05) is 50.6 Å². The average molecular weight is 286 g/mol. The van der Waals surface area contributed by atoms with Crippen molar-refractivity contribution in [2.75, 3.05) is 6.54 Å². The van der Waals surface area contributed by atoms with E-state index < -0.39 is 0 Å². The second kappa shape index (κ2) is 5.80. The lowest BCUT2D eigenvalue weighted by Crippen LogP contribution is -2.47. The maximum atomic E-state index is 12.9. The zero-order valence-electron chi connectivity index (χ0n) is 13.1. The quantitative estimate of drug-likeness (QED) is 0.899. The summed E-state index contributed by atoms with van der Waals surface area (Å²) in [4.78, 5) is 15.0. The summed E-state index contributed by atoms with van der Waals surface area (Å²) < 4.78 is 0. The van der Waals surface area contributed by atoms with Gasteiger partial charge in [0.05, 0.1) is 6.17 Å². The van der Waals surface area contributed by atoms with Crippen LogP contribution in [0, 0.1) is 5.41 Å². The third-order valence-electron chi connectivity index (χ3n) is 5.45. The van der Waals surface area contributed by atoms with Crippen molar-refractivity contribution in [3.05, 3.63) is 35.9 Å². The number of amides is 1. The maximum absolute atomic E-state index is 12.9. The molecule has 1 saturated heterocycles. The summed E-state index contributed by atoms with van der Waals surface area (Å²) in [5.74, 6) is 0.257. The average Bonchev–Trinajstić information content (AvgIpc) is 2.80. The molecule has 1 saturated carbocycles. The Labute approximate surface area is 127 Å². The van der Waals surface area contributed by atoms with Crippen LogP contribution in [0.5, 0.6) is 0 Å². The first-order chi connectivity index (χ1) is 10.2. The van der Waals surface area contributed by atoms with Gasteiger partial charge in [-0.05, 0) is 36.7 Å². The number of benzene rings is 1. The normalized spacial score (nSPS) is 27.7. The highest BCUT2D eigenvalue weighted by Gasteiger charge is 2.44. The Hall–Kier alpha value is -1.35. The van der Waals surface area contributed by atoms with Crippen LogP contribution in [0.1, 0.15) is 57.6 Å². The Morgan fingerprint density at radius 2 is 1.95 bits per heavy atom. The molecule has 1 N–H and O–H groups in total. The maximum Gasteiger partial charge on any atom is 0.245 e. The molecule has 1 aliphatic carbocycles. The SMILES string of the molecule is CCC1NC(c2ccccc2)C(=O)N1CC1(CC)CCC1. The van der Waals surface area contributed by atoms with E-state index in [1.165, 1.54) is 25.7 Å². The predicted octanol–water partition coefficient (Wildman–Crippen LogP) is 3.48. The van der Waals surface area contributed by atoms with Crippen LogP contribution in [-0.2, 0) is 4.79 Å². The van der Waals surface area contributed by atoms with Gasteiger partial charge in [0.25, 0.3) is 0 Å². The molecule has 0 radical (unpaired) electrons. The summed E-state index contributed by atoms with van der Waals surface area (Å²) in [6, 6.07) is 9.94. The molecule has 0 aromatic heterocycles. The minimum Gasteiger partial charge on any atom is -0.325 e. The largest absolute Gasteiger partial charge is 0.325 e. The van der Waals surface area contributed by atoms with Crippen molar-refractivity contribution >= 4 is 5.91 Å². The molecular formula is C18H26N2O. The highest BCUT2D eigenvalue weighted by Crippen LogP contribution is 2.45. The van der Waals surface area contributed by atoms with E-state index in [1.54, 1.807) is 0 Å². The number of carbonyl (C=O) groups is 1. The molecule has 3 nitrogen and oxygen atoms in total. The molecule has 2 unspecified atom stereocenters. The molecule has 1 heterocycles. The van der Waals surface area contributed by atoms with Crippen molar-refractivity contribution in [2.24, 2.45) is 5.41 Å². The molecule has 3 rings (SSSR count). The Morgan fingerprint density at radius 1 is 1.24 bits per heavy atom. The molecule has 1 aromatic carbocycles. The second-order valence-corrected chi connectivity index (χ2v) is 6.61. The standard InChI is InChI=1S/C18H26N2O/c1-3-15-19-16(14-9-6-5-7-10-14)17(21)20(15)13-18(4-2)11-8-12-18/h5-7,9-10,15-16,19H,3-4,8,11-13H2,1-2H3. The van der Waals surface area contributed by atoms with Gasteiger partial charge < -0.3 is 4.90 Å². The number of carbonyl (C=O) groups excluding carboxylic acids is 1. The summed E-state index contributed by atoms with van der Waals surface area (Å²) in [6.07, 6.45) is 6.21. The van der Waals surface area contributed by atoms with E-state index in [0.717, 1.165) is 18.5 Å². The molecule has 114 valence electrons. The zero-order valence-corrected chi connectivity index (χ0v) is 13.1. The van der Waals surface area contributed by atoms with Gasteiger partial charge in [0.1, 0.15) is 6.04 Å². The Kier molecular flexibility index (Phi) is 4.03. The lowest BCUT2D eigenvalue weighted by Gasteiger charge is -2.45. The minimum absolute atomic E-state index is 0.162. The Balaban J connectivity index is 1.78.